The number of aromatic nitrogens is 1. The van der Waals surface area contributed by atoms with Crippen LogP contribution in [0.1, 0.15) is 31.9 Å². The van der Waals surface area contributed by atoms with Crippen molar-refractivity contribution in [3.63, 3.8) is 0 Å². The molecule has 0 bridgehead atoms. The molecule has 11 rings (SSSR count). The van der Waals surface area contributed by atoms with E-state index < -0.39 is 32.7 Å². The number of halogens is 3. The van der Waals surface area contributed by atoms with Crippen molar-refractivity contribution in [2.75, 3.05) is 21.4 Å². The third kappa shape index (κ3) is 8.27. The molecular formula is C59H45F3N4OTe. The van der Waals surface area contributed by atoms with Gasteiger partial charge in [0.2, 0.25) is 0 Å². The molecule has 2 aliphatic heterocycles. The number of benzene rings is 8. The summed E-state index contributed by atoms with van der Waals surface area (Å²) in [5, 5.41) is 0. The second-order valence-electron chi connectivity index (χ2n) is 18.0. The standard InChI is InChI=1S/C59H45F3N4OTe/c1-58(2,3)43-31-32-63-56(35-43)66-52-34-44(59(60,61)62)27-29-54(52)68-55-30-28-47(37-53(55)66)67-46-22-13-21-45(36-46)64-38-65(51-26-11-10-25-50(51)64)57-48(40-17-8-5-9-18-40)23-14-24-49(57)42-20-12-19-41(33-42)39-15-6-4-7-16-39/h4-37H,38H2,1-3H3. The van der Waals surface area contributed by atoms with Crippen LogP contribution in [0.3, 0.4) is 0 Å². The van der Waals surface area contributed by atoms with Gasteiger partial charge in [0.15, 0.2) is 0 Å². The number of rotatable bonds is 8. The molecular weight excluding hydrogens is 965 g/mol. The van der Waals surface area contributed by atoms with Crippen molar-refractivity contribution in [3.05, 3.63) is 218 Å². The average molecular weight is 1010 g/mol. The van der Waals surface area contributed by atoms with Crippen LogP contribution in [0.5, 0.6) is 11.5 Å². The normalized spacial score (nSPS) is 13.2. The fourth-order valence-electron chi connectivity index (χ4n) is 9.17. The van der Waals surface area contributed by atoms with Gasteiger partial charge < -0.3 is 0 Å². The van der Waals surface area contributed by atoms with E-state index in [-0.39, 0.29) is 5.41 Å². The Kier molecular flexibility index (Phi) is 11.1. The molecule has 0 aliphatic carbocycles. The first-order chi connectivity index (χ1) is 33.0. The number of pyridine rings is 1. The summed E-state index contributed by atoms with van der Waals surface area (Å²) in [4.78, 5) is 11.4. The van der Waals surface area contributed by atoms with E-state index in [1.54, 1.807) is 12.3 Å². The average Bonchev–Trinajstić information content (AvgIpc) is 3.75. The number of fused-ring (bicyclic) bond motifs is 3. The van der Waals surface area contributed by atoms with E-state index in [1.165, 1.54) is 12.1 Å². The predicted octanol–water partition coefficient (Wildman–Crippen LogP) is 14.9. The van der Waals surface area contributed by atoms with Crippen molar-refractivity contribution in [3.8, 4) is 44.9 Å². The zero-order valence-corrected chi connectivity index (χ0v) is 39.9. The van der Waals surface area contributed by atoms with E-state index in [0.717, 1.165) is 74.6 Å². The summed E-state index contributed by atoms with van der Waals surface area (Å²) in [6.07, 6.45) is -2.75. The molecule has 0 unspecified atom stereocenters. The van der Waals surface area contributed by atoms with Gasteiger partial charge in [-0.25, -0.2) is 0 Å². The van der Waals surface area contributed by atoms with Gasteiger partial charge in [0, 0.05) is 11.1 Å². The van der Waals surface area contributed by atoms with Gasteiger partial charge in [-0.05, 0) is 28.3 Å². The predicted molar refractivity (Wildman–Crippen MR) is 272 cm³/mol. The first-order valence-corrected chi connectivity index (χ1v) is 24.9. The summed E-state index contributed by atoms with van der Waals surface area (Å²) in [6, 6.07) is 67.0. The Balaban J connectivity index is 0.962. The van der Waals surface area contributed by atoms with Gasteiger partial charge in [-0.15, -0.1) is 0 Å². The molecule has 9 heteroatoms. The molecule has 1 aromatic heterocycles. The summed E-state index contributed by atoms with van der Waals surface area (Å²) < 4.78 is 51.4. The number of nitrogens with zero attached hydrogens (tertiary/aromatic N) is 4. The molecule has 0 amide bonds. The maximum atomic E-state index is 14.2. The third-order valence-corrected chi connectivity index (χ3v) is 15.8. The zero-order valence-electron chi connectivity index (χ0n) is 37.6. The monoisotopic (exact) mass is 1010 g/mol. The first kappa shape index (κ1) is 43.3. The third-order valence-electron chi connectivity index (χ3n) is 12.5. The summed E-state index contributed by atoms with van der Waals surface area (Å²) in [6.45, 7) is 6.88. The van der Waals surface area contributed by atoms with Crippen LogP contribution in [-0.4, -0.2) is 32.6 Å². The van der Waals surface area contributed by atoms with Crippen LogP contribution in [0.4, 0.5) is 53.1 Å². The molecule has 0 atom stereocenters. The van der Waals surface area contributed by atoms with Crippen molar-refractivity contribution in [2.45, 2.75) is 32.4 Å². The van der Waals surface area contributed by atoms with Crippen LogP contribution in [0, 0.1) is 0 Å². The molecule has 0 saturated carbocycles. The first-order valence-electron chi connectivity index (χ1n) is 22.5. The fraction of sp³-hybridized carbons (Fsp3) is 0.102. The fourth-order valence-corrected chi connectivity index (χ4v) is 12.1. The molecule has 0 N–H and O–H groups in total. The summed E-state index contributed by atoms with van der Waals surface area (Å²) in [5.74, 6) is 1.76. The van der Waals surface area contributed by atoms with Gasteiger partial charge in [0.05, 0.1) is 0 Å². The molecule has 2 aliphatic rings. The molecule has 0 saturated heterocycles. The second kappa shape index (κ2) is 17.4. The Morgan fingerprint density at radius 3 is 1.82 bits per heavy atom. The van der Waals surface area contributed by atoms with E-state index >= 15 is 0 Å². The molecule has 0 spiro atoms. The summed E-state index contributed by atoms with van der Waals surface area (Å²) in [5.41, 5.74) is 12.4. The molecule has 9 aromatic rings. The van der Waals surface area contributed by atoms with E-state index in [2.05, 4.69) is 170 Å². The van der Waals surface area contributed by atoms with Crippen molar-refractivity contribution in [2.24, 2.45) is 0 Å². The van der Waals surface area contributed by atoms with Crippen molar-refractivity contribution < 1.29 is 17.9 Å². The van der Waals surface area contributed by atoms with Crippen molar-refractivity contribution in [1.82, 2.24) is 4.98 Å². The van der Waals surface area contributed by atoms with E-state index in [0.29, 0.717) is 29.7 Å². The Morgan fingerprint density at radius 1 is 0.485 bits per heavy atom. The number of para-hydroxylation sites is 3. The molecule has 3 heterocycles. The summed E-state index contributed by atoms with van der Waals surface area (Å²) in [7, 11) is 0. The Bertz CT molecular complexity index is 3330. The van der Waals surface area contributed by atoms with Crippen LogP contribution < -0.4 is 26.7 Å². The topological polar surface area (TPSA) is 31.8 Å². The van der Waals surface area contributed by atoms with E-state index in [9.17, 15) is 13.2 Å². The van der Waals surface area contributed by atoms with Crippen LogP contribution in [0.2, 0.25) is 0 Å². The van der Waals surface area contributed by atoms with Gasteiger partial charge in [-0.1, -0.05) is 103 Å². The number of hydrogen-bond acceptors (Lipinski definition) is 5. The minimum absolute atomic E-state index is 0.202. The Hall–Kier alpha value is -7.31. The van der Waals surface area contributed by atoms with Gasteiger partial charge in [-0.3, -0.25) is 0 Å². The van der Waals surface area contributed by atoms with Crippen molar-refractivity contribution >= 4 is 68.1 Å². The van der Waals surface area contributed by atoms with Crippen molar-refractivity contribution in [1.29, 1.82) is 0 Å². The quantitative estimate of drug-likeness (QED) is 0.142. The minimum atomic E-state index is -4.49. The Morgan fingerprint density at radius 2 is 1.09 bits per heavy atom. The van der Waals surface area contributed by atoms with Crippen LogP contribution in [0.25, 0.3) is 33.4 Å². The molecule has 68 heavy (non-hydrogen) atoms. The molecule has 8 aromatic carbocycles. The van der Waals surface area contributed by atoms with Gasteiger partial charge in [-0.2, -0.15) is 0 Å². The maximum absolute atomic E-state index is 14.2. The van der Waals surface area contributed by atoms with Crippen LogP contribution in [0.15, 0.2) is 206 Å². The summed E-state index contributed by atoms with van der Waals surface area (Å²) >= 11 is -1.04. The van der Waals surface area contributed by atoms with Gasteiger partial charge >= 0.3 is 265 Å². The molecule has 0 radical (unpaired) electrons. The molecule has 5 nitrogen and oxygen atoms in total. The van der Waals surface area contributed by atoms with Crippen LogP contribution >= 0.6 is 0 Å². The van der Waals surface area contributed by atoms with Gasteiger partial charge in [0.1, 0.15) is 0 Å². The van der Waals surface area contributed by atoms with Crippen LogP contribution in [-0.2, 0) is 11.6 Å². The Labute approximate surface area is 404 Å². The SMILES string of the molecule is CC(C)(C)c1ccnc(N2c3cc(Oc4cccc(N5CN(c6c(-c7ccccc7)cccc6-c6cccc(-c7ccccc7)c6)c6ccccc65)c4)ccc3[Te]c3ccc(C(F)(F)F)cc32)c1. The molecule has 0 fully saturated rings. The number of ether oxygens (including phenoxy) is 1. The van der Waals surface area contributed by atoms with Gasteiger partial charge in [0.25, 0.3) is 0 Å². The number of anilines is 7. The number of alkyl halides is 3. The van der Waals surface area contributed by atoms with E-state index in [1.807, 2.05) is 47.4 Å². The number of hydrogen-bond donors (Lipinski definition) is 0. The second-order valence-corrected chi connectivity index (χ2v) is 21.1. The van der Waals surface area contributed by atoms with E-state index in [4.69, 9.17) is 9.72 Å². The zero-order chi connectivity index (χ0) is 46.6. The molecule has 334 valence electrons.